The third-order valence-electron chi connectivity index (χ3n) is 5.20. The molecular formula is C21H44O4S. The molecule has 26 heavy (non-hydrogen) atoms. The Morgan fingerprint density at radius 1 is 0.654 bits per heavy atom. The first kappa shape index (κ1) is 25.9. The van der Waals surface area contributed by atoms with E-state index in [4.69, 9.17) is 0 Å². The molecule has 0 saturated carbocycles. The molecule has 0 fully saturated rings. The molecule has 158 valence electrons. The van der Waals surface area contributed by atoms with E-state index in [1.807, 2.05) is 0 Å². The molecule has 0 aromatic carbocycles. The average Bonchev–Trinajstić information content (AvgIpc) is 2.56. The van der Waals surface area contributed by atoms with Crippen LogP contribution in [-0.2, 0) is 10.1 Å². The summed E-state index contributed by atoms with van der Waals surface area (Å²) in [5.74, 6) is 0. The number of aliphatic hydroxyl groups is 1. The summed E-state index contributed by atoms with van der Waals surface area (Å²) >= 11 is 0. The van der Waals surface area contributed by atoms with Crippen LogP contribution in [0, 0.1) is 0 Å². The second-order valence-electron chi connectivity index (χ2n) is 7.95. The minimum atomic E-state index is -3.93. The highest BCUT2D eigenvalue weighted by Gasteiger charge is 2.21. The predicted molar refractivity (Wildman–Crippen MR) is 111 cm³/mol. The van der Waals surface area contributed by atoms with E-state index >= 15 is 0 Å². The first-order chi connectivity index (χ1) is 12.4. The first-order valence-corrected chi connectivity index (χ1v) is 12.5. The highest BCUT2D eigenvalue weighted by Crippen LogP contribution is 2.19. The van der Waals surface area contributed by atoms with Crippen LogP contribution in [0.2, 0.25) is 0 Å². The molecule has 0 spiro atoms. The van der Waals surface area contributed by atoms with Gasteiger partial charge < -0.3 is 5.11 Å². The molecule has 2 unspecified atom stereocenters. The van der Waals surface area contributed by atoms with Gasteiger partial charge in [0.2, 0.25) is 0 Å². The largest absolute Gasteiger partial charge is 0.393 e. The summed E-state index contributed by atoms with van der Waals surface area (Å²) in [6.45, 7) is 4.01. The van der Waals surface area contributed by atoms with Gasteiger partial charge in [0.05, 0.1) is 11.4 Å². The van der Waals surface area contributed by atoms with Crippen molar-refractivity contribution in [1.29, 1.82) is 0 Å². The summed E-state index contributed by atoms with van der Waals surface area (Å²) < 4.78 is 32.5. The van der Waals surface area contributed by atoms with Crippen molar-refractivity contribution in [3.63, 3.8) is 0 Å². The van der Waals surface area contributed by atoms with Crippen LogP contribution >= 0.6 is 0 Å². The van der Waals surface area contributed by atoms with Crippen molar-refractivity contribution in [3.8, 4) is 0 Å². The molecular weight excluding hydrogens is 348 g/mol. The van der Waals surface area contributed by atoms with E-state index in [0.29, 0.717) is 12.8 Å². The number of rotatable bonds is 19. The Hall–Kier alpha value is -0.130. The third-order valence-corrected chi connectivity index (χ3v) is 6.51. The summed E-state index contributed by atoms with van der Waals surface area (Å²) in [6, 6.07) is 0. The van der Waals surface area contributed by atoms with Crippen molar-refractivity contribution in [2.45, 2.75) is 134 Å². The van der Waals surface area contributed by atoms with Gasteiger partial charge in [0, 0.05) is 0 Å². The smallest absolute Gasteiger partial charge is 0.267 e. The summed E-state index contributed by atoms with van der Waals surface area (Å²) in [5, 5.41) is 8.62. The van der Waals surface area contributed by atoms with Crippen molar-refractivity contribution in [2.24, 2.45) is 0 Å². The van der Waals surface area contributed by atoms with Crippen LogP contribution in [0.1, 0.15) is 123 Å². The van der Waals surface area contributed by atoms with Gasteiger partial charge in [-0.05, 0) is 26.2 Å². The zero-order chi connectivity index (χ0) is 19.7. The Balaban J connectivity index is 3.66. The molecule has 0 heterocycles. The van der Waals surface area contributed by atoms with E-state index in [0.717, 1.165) is 38.5 Å². The molecule has 0 bridgehead atoms. The molecule has 0 amide bonds. The van der Waals surface area contributed by atoms with Crippen LogP contribution in [0.5, 0.6) is 0 Å². The average molecular weight is 393 g/mol. The molecule has 2 N–H and O–H groups in total. The lowest BCUT2D eigenvalue weighted by Crippen LogP contribution is -2.20. The molecule has 0 radical (unpaired) electrons. The highest BCUT2D eigenvalue weighted by atomic mass is 32.2. The molecule has 2 atom stereocenters. The summed E-state index contributed by atoms with van der Waals surface area (Å²) in [7, 11) is -3.93. The molecule has 0 aromatic rings. The first-order valence-electron chi connectivity index (χ1n) is 11.0. The number of hydrogen-bond donors (Lipinski definition) is 2. The number of aliphatic hydroxyl groups excluding tert-OH is 1. The minimum Gasteiger partial charge on any atom is -0.393 e. The maximum atomic E-state index is 11.5. The maximum absolute atomic E-state index is 11.5. The van der Waals surface area contributed by atoms with E-state index in [2.05, 4.69) is 6.92 Å². The van der Waals surface area contributed by atoms with Crippen LogP contribution in [0.15, 0.2) is 0 Å². The molecule has 0 aliphatic rings. The van der Waals surface area contributed by atoms with Gasteiger partial charge in [-0.15, -0.1) is 0 Å². The van der Waals surface area contributed by atoms with Gasteiger partial charge in [0.25, 0.3) is 10.1 Å². The van der Waals surface area contributed by atoms with Gasteiger partial charge in [0.15, 0.2) is 0 Å². The quantitative estimate of drug-likeness (QED) is 0.200. The van der Waals surface area contributed by atoms with Crippen LogP contribution in [0.25, 0.3) is 0 Å². The molecule has 0 saturated heterocycles. The molecule has 4 nitrogen and oxygen atoms in total. The summed E-state index contributed by atoms with van der Waals surface area (Å²) in [4.78, 5) is 0. The van der Waals surface area contributed by atoms with E-state index < -0.39 is 15.4 Å². The number of unbranched alkanes of at least 4 members (excludes halogenated alkanes) is 12. The van der Waals surface area contributed by atoms with Crippen molar-refractivity contribution in [2.75, 3.05) is 0 Å². The fourth-order valence-electron chi connectivity index (χ4n) is 3.47. The van der Waals surface area contributed by atoms with Crippen LogP contribution in [-0.4, -0.2) is 29.4 Å². The Kier molecular flexibility index (Phi) is 16.9. The van der Waals surface area contributed by atoms with Gasteiger partial charge in [-0.25, -0.2) is 0 Å². The van der Waals surface area contributed by atoms with Gasteiger partial charge in [-0.3, -0.25) is 4.55 Å². The van der Waals surface area contributed by atoms with Crippen LogP contribution in [0.4, 0.5) is 0 Å². The SMILES string of the molecule is CCCCCCCCCCCCCC(CCCCCC(C)O)S(=O)(=O)O. The number of hydrogen-bond acceptors (Lipinski definition) is 3. The molecule has 0 rings (SSSR count). The predicted octanol–water partition coefficient (Wildman–Crippen LogP) is 6.28. The maximum Gasteiger partial charge on any atom is 0.267 e. The fraction of sp³-hybridized carbons (Fsp3) is 1.00. The van der Waals surface area contributed by atoms with Gasteiger partial charge in [-0.2, -0.15) is 8.42 Å². The van der Waals surface area contributed by atoms with Crippen LogP contribution < -0.4 is 0 Å². The van der Waals surface area contributed by atoms with Crippen molar-refractivity contribution < 1.29 is 18.1 Å². The lowest BCUT2D eigenvalue weighted by Gasteiger charge is -2.14. The van der Waals surface area contributed by atoms with E-state index in [9.17, 15) is 18.1 Å². The molecule has 0 aliphatic carbocycles. The monoisotopic (exact) mass is 392 g/mol. The van der Waals surface area contributed by atoms with Crippen molar-refractivity contribution in [1.82, 2.24) is 0 Å². The second kappa shape index (κ2) is 17.0. The zero-order valence-corrected chi connectivity index (χ0v) is 18.1. The molecule has 5 heteroatoms. The zero-order valence-electron chi connectivity index (χ0n) is 17.3. The van der Waals surface area contributed by atoms with Gasteiger partial charge in [0.1, 0.15) is 0 Å². The summed E-state index contributed by atoms with van der Waals surface area (Å²) in [5.41, 5.74) is 0. The van der Waals surface area contributed by atoms with Crippen molar-refractivity contribution >= 4 is 10.1 Å². The van der Waals surface area contributed by atoms with Gasteiger partial charge >= 0.3 is 0 Å². The third kappa shape index (κ3) is 17.3. The van der Waals surface area contributed by atoms with Gasteiger partial charge in [-0.1, -0.05) is 96.8 Å². The second-order valence-corrected chi connectivity index (χ2v) is 9.64. The topological polar surface area (TPSA) is 74.6 Å². The Morgan fingerprint density at radius 2 is 1.00 bits per heavy atom. The normalized spacial score (nSPS) is 14.5. The van der Waals surface area contributed by atoms with E-state index in [-0.39, 0.29) is 6.10 Å². The molecule has 0 aromatic heterocycles. The van der Waals surface area contributed by atoms with Crippen molar-refractivity contribution in [3.05, 3.63) is 0 Å². The Labute approximate surface area is 162 Å². The Bertz CT molecular complexity index is 393. The van der Waals surface area contributed by atoms with E-state index in [1.54, 1.807) is 6.92 Å². The standard InChI is InChI=1S/C21H44O4S/c1-3-4-5-6-7-8-9-10-11-12-15-18-21(26(23,24)25)19-16-13-14-17-20(2)22/h20-22H,3-19H2,1-2H3,(H,23,24,25). The van der Waals surface area contributed by atoms with Crippen LogP contribution in [0.3, 0.4) is 0 Å². The minimum absolute atomic E-state index is 0.288. The van der Waals surface area contributed by atoms with E-state index in [1.165, 1.54) is 57.8 Å². The Morgan fingerprint density at radius 3 is 1.38 bits per heavy atom. The molecule has 0 aliphatic heterocycles. The fourth-order valence-corrected chi connectivity index (χ4v) is 4.40. The highest BCUT2D eigenvalue weighted by molar-refractivity contribution is 7.86. The lowest BCUT2D eigenvalue weighted by atomic mass is 10.0. The summed E-state index contributed by atoms with van der Waals surface area (Å²) in [6.07, 6.45) is 17.9. The lowest BCUT2D eigenvalue weighted by molar-refractivity contribution is 0.180.